The van der Waals surface area contributed by atoms with Crippen LogP contribution in [-0.4, -0.2) is 0 Å². The third kappa shape index (κ3) is 6.00. The molecule has 2 aromatic carbocycles. The molecular weight excluding hydrogens is 275 g/mol. The second-order valence-electron chi connectivity index (χ2n) is 5.03. The van der Waals surface area contributed by atoms with Crippen LogP contribution in [-0.2, 0) is 6.54 Å². The van der Waals surface area contributed by atoms with E-state index in [1.807, 2.05) is 24.3 Å². The van der Waals surface area contributed by atoms with Gasteiger partial charge in [0, 0.05) is 17.9 Å². The number of halogens is 1. The Morgan fingerprint density at radius 3 is 2.45 bits per heavy atom. The number of nitrogens with one attached hydrogen (secondary N) is 1. The maximum atomic E-state index is 13.0. The lowest BCUT2D eigenvalue weighted by molar-refractivity contribution is 0.626. The molecule has 3 N–H and O–H groups in total. The molecular formula is C19H25FN2. The zero-order valence-corrected chi connectivity index (χ0v) is 13.4. The van der Waals surface area contributed by atoms with Crippen molar-refractivity contribution in [3.05, 3.63) is 66.0 Å². The fourth-order valence-electron chi connectivity index (χ4n) is 1.76. The van der Waals surface area contributed by atoms with Gasteiger partial charge in [-0.05, 0) is 41.5 Å². The highest BCUT2D eigenvalue weighted by Gasteiger charge is 2.00. The number of anilines is 2. The summed E-state index contributed by atoms with van der Waals surface area (Å²) in [6.45, 7) is 8.67. The van der Waals surface area contributed by atoms with Gasteiger partial charge in [-0.2, -0.15) is 0 Å². The molecule has 2 nitrogen and oxygen atoms in total. The number of nitrogens with two attached hydrogens (primary N) is 1. The zero-order chi connectivity index (χ0) is 16.4. The summed E-state index contributed by atoms with van der Waals surface area (Å²) in [7, 11) is 0. The smallest absolute Gasteiger partial charge is 0.123 e. The Balaban J connectivity index is 0.000000541. The molecule has 0 bridgehead atoms. The van der Waals surface area contributed by atoms with Crippen LogP contribution in [0.15, 0.2) is 49.0 Å². The first-order valence-electron chi connectivity index (χ1n) is 7.61. The standard InChI is InChI=1S/C15H15FN2.C4H10/c1-2-12-9-14(17)6-7-15(12)18-10-11-4-3-5-13(16)8-11;1-3-4-2/h2-9,18H,1,10,17H2;3-4H2,1-2H3. The van der Waals surface area contributed by atoms with Gasteiger partial charge in [0.2, 0.25) is 0 Å². The Labute approximate surface area is 132 Å². The molecule has 0 aliphatic carbocycles. The molecule has 0 radical (unpaired) electrons. The molecule has 2 aromatic rings. The lowest BCUT2D eigenvalue weighted by Crippen LogP contribution is -2.01. The van der Waals surface area contributed by atoms with Crippen LogP contribution in [0.1, 0.15) is 37.8 Å². The lowest BCUT2D eigenvalue weighted by Gasteiger charge is -2.10. The summed E-state index contributed by atoms with van der Waals surface area (Å²) in [5.74, 6) is -0.226. The molecule has 0 saturated carbocycles. The predicted octanol–water partition coefficient (Wildman–Crippen LogP) is 5.47. The summed E-state index contributed by atoms with van der Waals surface area (Å²) in [5, 5.41) is 3.24. The monoisotopic (exact) mass is 300 g/mol. The van der Waals surface area contributed by atoms with E-state index in [4.69, 9.17) is 5.73 Å². The van der Waals surface area contributed by atoms with Crippen molar-refractivity contribution >= 4 is 17.5 Å². The van der Waals surface area contributed by atoms with Gasteiger partial charge in [0.15, 0.2) is 0 Å². The number of rotatable bonds is 5. The maximum absolute atomic E-state index is 13.0. The van der Waals surface area contributed by atoms with E-state index < -0.39 is 0 Å². The molecule has 118 valence electrons. The third-order valence-electron chi connectivity index (χ3n) is 3.17. The first-order valence-corrected chi connectivity index (χ1v) is 7.61. The molecule has 0 fully saturated rings. The topological polar surface area (TPSA) is 38.0 Å². The number of nitrogen functional groups attached to an aromatic ring is 1. The summed E-state index contributed by atoms with van der Waals surface area (Å²) in [6.07, 6.45) is 4.38. The summed E-state index contributed by atoms with van der Waals surface area (Å²) in [4.78, 5) is 0. The van der Waals surface area contributed by atoms with Crippen LogP contribution < -0.4 is 11.1 Å². The van der Waals surface area contributed by atoms with Gasteiger partial charge in [-0.15, -0.1) is 0 Å². The van der Waals surface area contributed by atoms with E-state index >= 15 is 0 Å². The Bertz CT molecular complexity index is 592. The average Bonchev–Trinajstić information content (AvgIpc) is 2.54. The van der Waals surface area contributed by atoms with Crippen molar-refractivity contribution in [1.82, 2.24) is 0 Å². The minimum Gasteiger partial charge on any atom is -0.399 e. The number of hydrogen-bond acceptors (Lipinski definition) is 2. The number of hydrogen-bond donors (Lipinski definition) is 2. The summed E-state index contributed by atoms with van der Waals surface area (Å²) < 4.78 is 13.0. The molecule has 0 atom stereocenters. The van der Waals surface area contributed by atoms with Crippen molar-refractivity contribution in [2.24, 2.45) is 0 Å². The normalized spacial score (nSPS) is 9.59. The first-order chi connectivity index (χ1) is 10.6. The van der Waals surface area contributed by atoms with E-state index in [9.17, 15) is 4.39 Å². The second kappa shape index (κ2) is 9.61. The van der Waals surface area contributed by atoms with Crippen LogP contribution in [0.3, 0.4) is 0 Å². The molecule has 0 aliphatic rings. The maximum Gasteiger partial charge on any atom is 0.123 e. The first kappa shape index (κ1) is 17.8. The van der Waals surface area contributed by atoms with Crippen LogP contribution in [0.2, 0.25) is 0 Å². The van der Waals surface area contributed by atoms with Gasteiger partial charge in [-0.1, -0.05) is 51.5 Å². The van der Waals surface area contributed by atoms with Crippen LogP contribution in [0.5, 0.6) is 0 Å². The SMILES string of the molecule is C=Cc1cc(N)ccc1NCc1cccc(F)c1.CCCC. The van der Waals surface area contributed by atoms with Crippen molar-refractivity contribution < 1.29 is 4.39 Å². The Kier molecular flexibility index (Phi) is 7.76. The Morgan fingerprint density at radius 2 is 1.86 bits per heavy atom. The minimum atomic E-state index is -0.226. The minimum absolute atomic E-state index is 0.226. The molecule has 22 heavy (non-hydrogen) atoms. The molecule has 2 rings (SSSR count). The van der Waals surface area contributed by atoms with Gasteiger partial charge >= 0.3 is 0 Å². The van der Waals surface area contributed by atoms with Gasteiger partial charge in [0.1, 0.15) is 5.82 Å². The predicted molar refractivity (Wildman–Crippen MR) is 95.3 cm³/mol. The van der Waals surface area contributed by atoms with Crippen molar-refractivity contribution in [2.75, 3.05) is 11.1 Å². The molecule has 0 saturated heterocycles. The van der Waals surface area contributed by atoms with Gasteiger partial charge in [0.25, 0.3) is 0 Å². The van der Waals surface area contributed by atoms with Crippen LogP contribution in [0.4, 0.5) is 15.8 Å². The summed E-state index contributed by atoms with van der Waals surface area (Å²) in [6, 6.07) is 12.1. The molecule has 0 aliphatic heterocycles. The van der Waals surface area contributed by atoms with Crippen LogP contribution >= 0.6 is 0 Å². The van der Waals surface area contributed by atoms with E-state index in [1.54, 1.807) is 12.1 Å². The van der Waals surface area contributed by atoms with Gasteiger partial charge in [-0.25, -0.2) is 4.39 Å². The van der Waals surface area contributed by atoms with E-state index in [0.29, 0.717) is 12.2 Å². The Morgan fingerprint density at radius 1 is 1.14 bits per heavy atom. The molecule has 0 unspecified atom stereocenters. The third-order valence-corrected chi connectivity index (χ3v) is 3.17. The van der Waals surface area contributed by atoms with Crippen molar-refractivity contribution in [1.29, 1.82) is 0 Å². The molecule has 0 spiro atoms. The Hall–Kier alpha value is -2.29. The molecule has 0 aromatic heterocycles. The van der Waals surface area contributed by atoms with Crippen LogP contribution in [0, 0.1) is 5.82 Å². The number of benzene rings is 2. The highest BCUT2D eigenvalue weighted by atomic mass is 19.1. The van der Waals surface area contributed by atoms with Crippen molar-refractivity contribution in [3.63, 3.8) is 0 Å². The van der Waals surface area contributed by atoms with Crippen LogP contribution in [0.25, 0.3) is 6.08 Å². The fourth-order valence-corrected chi connectivity index (χ4v) is 1.76. The quantitative estimate of drug-likeness (QED) is 0.719. The van der Waals surface area contributed by atoms with Gasteiger partial charge in [-0.3, -0.25) is 0 Å². The number of unbranched alkanes of at least 4 members (excludes halogenated alkanes) is 1. The largest absolute Gasteiger partial charge is 0.399 e. The summed E-state index contributed by atoms with van der Waals surface area (Å²) >= 11 is 0. The van der Waals surface area contributed by atoms with Gasteiger partial charge in [0.05, 0.1) is 0 Å². The second-order valence-corrected chi connectivity index (χ2v) is 5.03. The molecule has 3 heteroatoms. The van der Waals surface area contributed by atoms with Crippen molar-refractivity contribution in [2.45, 2.75) is 33.2 Å². The van der Waals surface area contributed by atoms with Crippen molar-refractivity contribution in [3.8, 4) is 0 Å². The average molecular weight is 300 g/mol. The fraction of sp³-hybridized carbons (Fsp3) is 0.263. The highest BCUT2D eigenvalue weighted by molar-refractivity contribution is 5.69. The lowest BCUT2D eigenvalue weighted by atomic mass is 10.1. The van der Waals surface area contributed by atoms with E-state index in [2.05, 4.69) is 25.7 Å². The summed E-state index contributed by atoms with van der Waals surface area (Å²) in [5.41, 5.74) is 9.16. The molecule has 0 amide bonds. The van der Waals surface area contributed by atoms with E-state index in [1.165, 1.54) is 25.0 Å². The van der Waals surface area contributed by atoms with E-state index in [-0.39, 0.29) is 5.82 Å². The van der Waals surface area contributed by atoms with E-state index in [0.717, 1.165) is 16.8 Å². The zero-order valence-electron chi connectivity index (χ0n) is 13.4. The molecule has 0 heterocycles. The highest BCUT2D eigenvalue weighted by Crippen LogP contribution is 2.20. The van der Waals surface area contributed by atoms with Gasteiger partial charge < -0.3 is 11.1 Å².